The first-order valence-electron chi connectivity index (χ1n) is 10.3. The van der Waals surface area contributed by atoms with Crippen LogP contribution < -0.4 is 10.6 Å². The molecule has 0 unspecified atom stereocenters. The summed E-state index contributed by atoms with van der Waals surface area (Å²) < 4.78 is 6.71. The number of carbonyl (C=O) groups excluding carboxylic acids is 1. The molecule has 0 amide bonds. The van der Waals surface area contributed by atoms with E-state index in [0.717, 1.165) is 43.2 Å². The lowest BCUT2D eigenvalue weighted by atomic mass is 10.1. The van der Waals surface area contributed by atoms with Gasteiger partial charge in [-0.05, 0) is 61.2 Å². The Balaban J connectivity index is 1.50. The van der Waals surface area contributed by atoms with Gasteiger partial charge in [0.25, 0.3) is 0 Å². The number of nitrogens with one attached hydrogen (secondary N) is 2. The molecule has 0 saturated heterocycles. The minimum Gasteiger partial charge on any atom is -0.465 e. The summed E-state index contributed by atoms with van der Waals surface area (Å²) in [6.45, 7) is 0.418. The van der Waals surface area contributed by atoms with E-state index in [4.69, 9.17) is 51.8 Å². The minimum absolute atomic E-state index is 0.285. The number of rotatable bonds is 5. The quantitative estimate of drug-likeness (QED) is 0.209. The van der Waals surface area contributed by atoms with E-state index in [1.165, 1.54) is 12.0 Å². The number of benzene rings is 1. The number of fused-ring (bicyclic) bond motifs is 1. The van der Waals surface area contributed by atoms with Gasteiger partial charge >= 0.3 is 5.97 Å². The smallest absolute Gasteiger partial charge is 0.341 e. The van der Waals surface area contributed by atoms with Gasteiger partial charge in [0.2, 0.25) is 0 Å². The molecular weight excluding hydrogens is 523 g/mol. The van der Waals surface area contributed by atoms with Crippen LogP contribution >= 0.6 is 58.4 Å². The first kappa shape index (κ1) is 24.3. The van der Waals surface area contributed by atoms with E-state index in [0.29, 0.717) is 38.0 Å². The third-order valence-corrected chi connectivity index (χ3v) is 7.61. The number of methoxy groups -OCH3 is 1. The fourth-order valence-corrected chi connectivity index (χ4v) is 5.99. The van der Waals surface area contributed by atoms with Crippen LogP contribution in [-0.4, -0.2) is 28.0 Å². The Bertz CT molecular complexity index is 1210. The lowest BCUT2D eigenvalue weighted by Crippen LogP contribution is -2.21. The summed E-state index contributed by atoms with van der Waals surface area (Å²) in [4.78, 5) is 13.7. The maximum atomic E-state index is 12.5. The molecule has 33 heavy (non-hydrogen) atoms. The van der Waals surface area contributed by atoms with Crippen LogP contribution in [0.2, 0.25) is 15.1 Å². The van der Waals surface area contributed by atoms with Crippen molar-refractivity contribution in [2.24, 2.45) is 0 Å². The van der Waals surface area contributed by atoms with Crippen molar-refractivity contribution < 1.29 is 9.53 Å². The molecule has 2 N–H and O–H groups in total. The number of aromatic nitrogens is 2. The van der Waals surface area contributed by atoms with Crippen molar-refractivity contribution in [3.8, 4) is 0 Å². The highest BCUT2D eigenvalue weighted by Crippen LogP contribution is 2.38. The molecule has 4 rings (SSSR count). The molecule has 0 aliphatic heterocycles. The second-order valence-electron chi connectivity index (χ2n) is 7.60. The first-order valence-corrected chi connectivity index (χ1v) is 12.7. The van der Waals surface area contributed by atoms with E-state index in [1.807, 2.05) is 6.07 Å². The molecule has 0 atom stereocenters. The number of esters is 1. The van der Waals surface area contributed by atoms with E-state index in [2.05, 4.69) is 15.7 Å². The van der Waals surface area contributed by atoms with Gasteiger partial charge in [-0.2, -0.15) is 5.10 Å². The van der Waals surface area contributed by atoms with Crippen molar-refractivity contribution in [1.29, 1.82) is 0 Å². The number of aryl methyl sites for hydroxylation is 1. The van der Waals surface area contributed by atoms with Gasteiger partial charge in [-0.25, -0.2) is 4.79 Å². The summed E-state index contributed by atoms with van der Waals surface area (Å²) in [5, 5.41) is 13.1. The van der Waals surface area contributed by atoms with Gasteiger partial charge in [-0.3, -0.25) is 4.68 Å². The van der Waals surface area contributed by atoms with E-state index < -0.39 is 0 Å². The number of halogens is 3. The number of nitrogens with zero attached hydrogens (tertiary/aromatic N) is 2. The predicted molar refractivity (Wildman–Crippen MR) is 140 cm³/mol. The fraction of sp³-hybridized carbons (Fsp3) is 0.318. The molecule has 1 aliphatic rings. The molecule has 6 nitrogen and oxygen atoms in total. The molecule has 1 aliphatic carbocycles. The zero-order valence-electron chi connectivity index (χ0n) is 17.7. The molecule has 174 valence electrons. The Labute approximate surface area is 216 Å². The van der Waals surface area contributed by atoms with Crippen molar-refractivity contribution in [2.75, 3.05) is 17.7 Å². The molecule has 0 radical (unpaired) electrons. The van der Waals surface area contributed by atoms with Gasteiger partial charge in [0.1, 0.15) is 10.0 Å². The van der Waals surface area contributed by atoms with E-state index in [1.54, 1.807) is 34.3 Å². The SMILES string of the molecule is COC(=O)c1c(NC(=S)Nc2nn(Cc3ccc(Cl)cc3Cl)cc2Cl)sc2c1CCCCC2. The van der Waals surface area contributed by atoms with Crippen molar-refractivity contribution in [3.63, 3.8) is 0 Å². The van der Waals surface area contributed by atoms with E-state index in [9.17, 15) is 4.79 Å². The van der Waals surface area contributed by atoms with E-state index in [-0.39, 0.29) is 11.1 Å². The highest BCUT2D eigenvalue weighted by Gasteiger charge is 2.26. The summed E-state index contributed by atoms with van der Waals surface area (Å²) >= 11 is 25.6. The van der Waals surface area contributed by atoms with Crippen LogP contribution in [0.4, 0.5) is 10.8 Å². The molecule has 0 saturated carbocycles. The van der Waals surface area contributed by atoms with Crippen LogP contribution in [0.3, 0.4) is 0 Å². The average molecular weight is 544 g/mol. The molecule has 0 fully saturated rings. The van der Waals surface area contributed by atoms with Gasteiger partial charge < -0.3 is 15.4 Å². The van der Waals surface area contributed by atoms with Crippen molar-refractivity contribution in [2.45, 2.75) is 38.6 Å². The third-order valence-electron chi connectivity index (χ3n) is 5.33. The highest BCUT2D eigenvalue weighted by molar-refractivity contribution is 7.80. The molecule has 3 aromatic rings. The largest absolute Gasteiger partial charge is 0.465 e. The van der Waals surface area contributed by atoms with Gasteiger partial charge in [0.15, 0.2) is 10.9 Å². The average Bonchev–Trinajstić information content (AvgIpc) is 3.18. The Kier molecular flexibility index (Phi) is 7.81. The summed E-state index contributed by atoms with van der Waals surface area (Å²) in [5.74, 6) is 0.0406. The number of hydrogen-bond donors (Lipinski definition) is 2. The van der Waals surface area contributed by atoms with Crippen LogP contribution in [0, 0.1) is 0 Å². The fourth-order valence-electron chi connectivity index (χ4n) is 3.78. The number of anilines is 2. The first-order chi connectivity index (χ1) is 15.9. The number of thiophene rings is 1. The maximum absolute atomic E-state index is 12.5. The zero-order valence-corrected chi connectivity index (χ0v) is 21.6. The van der Waals surface area contributed by atoms with Gasteiger partial charge in [0, 0.05) is 21.1 Å². The number of thiocarbonyl (C=S) groups is 1. The summed E-state index contributed by atoms with van der Waals surface area (Å²) in [6, 6.07) is 5.30. The molecule has 0 bridgehead atoms. The summed E-state index contributed by atoms with van der Waals surface area (Å²) in [7, 11) is 1.39. The van der Waals surface area contributed by atoms with Crippen LogP contribution in [0.1, 0.15) is 45.6 Å². The van der Waals surface area contributed by atoms with Crippen LogP contribution in [0.15, 0.2) is 24.4 Å². The molecule has 0 spiro atoms. The topological polar surface area (TPSA) is 68.2 Å². The van der Waals surface area contributed by atoms with Crippen LogP contribution in [-0.2, 0) is 24.1 Å². The summed E-state index contributed by atoms with van der Waals surface area (Å²) in [6.07, 6.45) is 6.83. The normalized spacial score (nSPS) is 13.2. The lowest BCUT2D eigenvalue weighted by molar-refractivity contribution is 0.0601. The predicted octanol–water partition coefficient (Wildman–Crippen LogP) is 6.82. The van der Waals surface area contributed by atoms with E-state index >= 15 is 0 Å². The van der Waals surface area contributed by atoms with Gasteiger partial charge in [0.05, 0.1) is 19.2 Å². The minimum atomic E-state index is -0.359. The maximum Gasteiger partial charge on any atom is 0.341 e. The van der Waals surface area contributed by atoms with Crippen LogP contribution in [0.25, 0.3) is 0 Å². The number of ether oxygens (including phenoxy) is 1. The van der Waals surface area contributed by atoms with Crippen LogP contribution in [0.5, 0.6) is 0 Å². The Hall–Kier alpha value is -1.84. The van der Waals surface area contributed by atoms with Crippen molar-refractivity contribution >= 4 is 80.3 Å². The highest BCUT2D eigenvalue weighted by atomic mass is 35.5. The molecular formula is C22H21Cl3N4O2S2. The van der Waals surface area contributed by atoms with Gasteiger partial charge in [-0.15, -0.1) is 11.3 Å². The molecule has 11 heteroatoms. The Morgan fingerprint density at radius 2 is 1.97 bits per heavy atom. The third kappa shape index (κ3) is 5.63. The van der Waals surface area contributed by atoms with Crippen molar-refractivity contribution in [3.05, 3.63) is 61.0 Å². The standard InChI is InChI=1S/C22H21Cl3N4O2S2/c1-31-21(30)18-14-5-3-2-4-6-17(14)33-20(18)27-22(32)26-19-16(25)11-29(28-19)10-12-7-8-13(23)9-15(12)24/h7-9,11H,2-6,10H2,1H3,(H2,26,27,28,32). The monoisotopic (exact) mass is 542 g/mol. The van der Waals surface area contributed by atoms with Gasteiger partial charge in [-0.1, -0.05) is 47.3 Å². The second-order valence-corrected chi connectivity index (χ2v) is 10.4. The lowest BCUT2D eigenvalue weighted by Gasteiger charge is -2.10. The van der Waals surface area contributed by atoms with Crippen molar-refractivity contribution in [1.82, 2.24) is 9.78 Å². The summed E-state index contributed by atoms with van der Waals surface area (Å²) in [5.41, 5.74) is 2.49. The number of hydrogen-bond acceptors (Lipinski definition) is 5. The molecule has 2 aromatic heterocycles. The number of carbonyl (C=O) groups is 1. The zero-order chi connectivity index (χ0) is 23.5. The molecule has 1 aromatic carbocycles. The Morgan fingerprint density at radius 3 is 2.73 bits per heavy atom. The Morgan fingerprint density at radius 1 is 1.18 bits per heavy atom. The second kappa shape index (κ2) is 10.6. The molecule has 2 heterocycles.